The zero-order valence-corrected chi connectivity index (χ0v) is 16.8. The van der Waals surface area contributed by atoms with Crippen molar-refractivity contribution in [2.45, 2.75) is 38.6 Å². The predicted octanol–water partition coefficient (Wildman–Crippen LogP) is 5.47. The van der Waals surface area contributed by atoms with Crippen LogP contribution in [0.25, 0.3) is 11.1 Å². The molecule has 1 N–H and O–H groups in total. The molecule has 3 nitrogen and oxygen atoms in total. The number of hydrogen-bond acceptors (Lipinski definition) is 2. The summed E-state index contributed by atoms with van der Waals surface area (Å²) in [6.45, 7) is 2.10. The summed E-state index contributed by atoms with van der Waals surface area (Å²) in [7, 11) is 0. The van der Waals surface area contributed by atoms with Crippen LogP contribution >= 0.6 is 11.6 Å². The lowest BCUT2D eigenvalue weighted by atomic mass is 9.99. The molecule has 4 heteroatoms. The molecule has 1 atom stereocenters. The highest BCUT2D eigenvalue weighted by molar-refractivity contribution is 6.30. The number of pyridine rings is 1. The van der Waals surface area contributed by atoms with Gasteiger partial charge in [-0.1, -0.05) is 61.0 Å². The fourth-order valence-electron chi connectivity index (χ4n) is 3.19. The Morgan fingerprint density at radius 2 is 1.86 bits per heavy atom. The molecule has 0 aliphatic rings. The van der Waals surface area contributed by atoms with Crippen molar-refractivity contribution >= 4 is 17.5 Å². The Labute approximate surface area is 171 Å². The van der Waals surface area contributed by atoms with Crippen molar-refractivity contribution in [1.82, 2.24) is 10.3 Å². The quantitative estimate of drug-likeness (QED) is 0.552. The van der Waals surface area contributed by atoms with Gasteiger partial charge in [0.15, 0.2) is 0 Å². The third-order valence-electron chi connectivity index (χ3n) is 4.82. The number of rotatable bonds is 8. The highest BCUT2D eigenvalue weighted by atomic mass is 35.5. The highest BCUT2D eigenvalue weighted by Gasteiger charge is 2.12. The first kappa shape index (κ1) is 20.1. The molecule has 0 saturated carbocycles. The molecular formula is C24H25ClN2O. The number of aryl methyl sites for hydroxylation is 1. The Balaban J connectivity index is 1.54. The number of hydrogen-bond donors (Lipinski definition) is 1. The molecule has 0 fully saturated rings. The first-order chi connectivity index (χ1) is 13.6. The van der Waals surface area contributed by atoms with Gasteiger partial charge in [-0.05, 0) is 59.7 Å². The molecule has 0 saturated heterocycles. The third-order valence-corrected chi connectivity index (χ3v) is 5.05. The van der Waals surface area contributed by atoms with Gasteiger partial charge in [0.25, 0.3) is 0 Å². The van der Waals surface area contributed by atoms with E-state index in [1.165, 1.54) is 5.56 Å². The second-order valence-corrected chi connectivity index (χ2v) is 7.38. The number of amides is 1. The SMILES string of the molecule is CCC(Cc1ccc(-c2cccc(Cl)c2)cc1)NC(=O)CCc1cccnc1. The zero-order valence-electron chi connectivity index (χ0n) is 16.1. The van der Waals surface area contributed by atoms with Crippen molar-refractivity contribution in [1.29, 1.82) is 0 Å². The van der Waals surface area contributed by atoms with Crippen LogP contribution in [0.3, 0.4) is 0 Å². The number of carbonyl (C=O) groups excluding carboxylic acids is 1. The Bertz CT molecular complexity index is 894. The number of benzene rings is 2. The molecule has 3 rings (SSSR count). The third kappa shape index (κ3) is 5.93. The lowest BCUT2D eigenvalue weighted by Gasteiger charge is -2.17. The lowest BCUT2D eigenvalue weighted by molar-refractivity contribution is -0.121. The summed E-state index contributed by atoms with van der Waals surface area (Å²) in [6, 6.07) is 20.4. The summed E-state index contributed by atoms with van der Waals surface area (Å²) in [6.07, 6.45) is 6.47. The van der Waals surface area contributed by atoms with Gasteiger partial charge in [0.2, 0.25) is 5.91 Å². The van der Waals surface area contributed by atoms with E-state index in [9.17, 15) is 4.79 Å². The van der Waals surface area contributed by atoms with E-state index in [4.69, 9.17) is 11.6 Å². The number of halogens is 1. The molecule has 3 aromatic rings. The van der Waals surface area contributed by atoms with Gasteiger partial charge in [0.1, 0.15) is 0 Å². The van der Waals surface area contributed by atoms with E-state index in [0.29, 0.717) is 12.8 Å². The molecule has 2 aromatic carbocycles. The molecule has 1 aromatic heterocycles. The van der Waals surface area contributed by atoms with E-state index >= 15 is 0 Å². The Kier molecular flexibility index (Phi) is 7.21. The van der Waals surface area contributed by atoms with Crippen LogP contribution in [0.1, 0.15) is 30.9 Å². The summed E-state index contributed by atoms with van der Waals surface area (Å²) in [5.74, 6) is 0.0891. The zero-order chi connectivity index (χ0) is 19.8. The van der Waals surface area contributed by atoms with Crippen LogP contribution in [0.15, 0.2) is 73.1 Å². The summed E-state index contributed by atoms with van der Waals surface area (Å²) >= 11 is 6.08. The Morgan fingerprint density at radius 3 is 2.54 bits per heavy atom. The largest absolute Gasteiger partial charge is 0.353 e. The first-order valence-electron chi connectivity index (χ1n) is 9.67. The summed E-state index contributed by atoms with van der Waals surface area (Å²) in [5, 5.41) is 3.90. The Hall–Kier alpha value is -2.65. The van der Waals surface area contributed by atoms with E-state index in [1.807, 2.05) is 36.5 Å². The summed E-state index contributed by atoms with van der Waals surface area (Å²) in [4.78, 5) is 16.4. The van der Waals surface area contributed by atoms with E-state index < -0.39 is 0 Å². The standard InChI is InChI=1S/C24H25ClN2O/c1-2-23(27-24(28)13-10-19-5-4-14-26-17-19)15-18-8-11-20(12-9-18)21-6-3-7-22(25)16-21/h3-9,11-12,14,16-17,23H,2,10,13,15H2,1H3,(H,27,28). The summed E-state index contributed by atoms with van der Waals surface area (Å²) in [5.41, 5.74) is 4.54. The van der Waals surface area contributed by atoms with Gasteiger partial charge in [-0.25, -0.2) is 0 Å². The van der Waals surface area contributed by atoms with E-state index in [1.54, 1.807) is 6.20 Å². The maximum atomic E-state index is 12.3. The van der Waals surface area contributed by atoms with Gasteiger partial charge >= 0.3 is 0 Å². The van der Waals surface area contributed by atoms with Crippen molar-refractivity contribution in [2.24, 2.45) is 0 Å². The second kappa shape index (κ2) is 10.0. The molecule has 0 aliphatic carbocycles. The van der Waals surface area contributed by atoms with Crippen molar-refractivity contribution in [2.75, 3.05) is 0 Å². The molecule has 0 spiro atoms. The van der Waals surface area contributed by atoms with Gasteiger partial charge in [-0.2, -0.15) is 0 Å². The van der Waals surface area contributed by atoms with Crippen LogP contribution in [-0.2, 0) is 17.6 Å². The van der Waals surface area contributed by atoms with Crippen molar-refractivity contribution in [3.8, 4) is 11.1 Å². The minimum atomic E-state index is 0.0891. The summed E-state index contributed by atoms with van der Waals surface area (Å²) < 4.78 is 0. The van der Waals surface area contributed by atoms with E-state index in [-0.39, 0.29) is 11.9 Å². The van der Waals surface area contributed by atoms with Gasteiger partial charge < -0.3 is 5.32 Å². The van der Waals surface area contributed by atoms with Crippen molar-refractivity contribution < 1.29 is 4.79 Å². The fraction of sp³-hybridized carbons (Fsp3) is 0.250. The molecule has 0 radical (unpaired) electrons. The average molecular weight is 393 g/mol. The molecular weight excluding hydrogens is 368 g/mol. The minimum absolute atomic E-state index is 0.0891. The maximum Gasteiger partial charge on any atom is 0.220 e. The van der Waals surface area contributed by atoms with Crippen molar-refractivity contribution in [3.05, 3.63) is 89.2 Å². The fourth-order valence-corrected chi connectivity index (χ4v) is 3.38. The van der Waals surface area contributed by atoms with Crippen LogP contribution in [0.2, 0.25) is 5.02 Å². The molecule has 1 amide bonds. The van der Waals surface area contributed by atoms with Gasteiger partial charge in [0.05, 0.1) is 0 Å². The van der Waals surface area contributed by atoms with Gasteiger partial charge in [0, 0.05) is 29.9 Å². The van der Waals surface area contributed by atoms with Crippen LogP contribution < -0.4 is 5.32 Å². The van der Waals surface area contributed by atoms with Crippen molar-refractivity contribution in [3.63, 3.8) is 0 Å². The lowest BCUT2D eigenvalue weighted by Crippen LogP contribution is -2.36. The maximum absolute atomic E-state index is 12.3. The Morgan fingerprint density at radius 1 is 1.04 bits per heavy atom. The number of nitrogens with zero attached hydrogens (tertiary/aromatic N) is 1. The molecule has 0 bridgehead atoms. The molecule has 0 aliphatic heterocycles. The number of aromatic nitrogens is 1. The normalized spacial score (nSPS) is 11.8. The van der Waals surface area contributed by atoms with Crippen LogP contribution in [0.5, 0.6) is 0 Å². The smallest absolute Gasteiger partial charge is 0.220 e. The molecule has 1 unspecified atom stereocenters. The average Bonchev–Trinajstić information content (AvgIpc) is 2.73. The first-order valence-corrected chi connectivity index (χ1v) is 10.0. The van der Waals surface area contributed by atoms with E-state index in [2.05, 4.69) is 47.6 Å². The minimum Gasteiger partial charge on any atom is -0.353 e. The van der Waals surface area contributed by atoms with Crippen LogP contribution in [0.4, 0.5) is 0 Å². The monoisotopic (exact) mass is 392 g/mol. The predicted molar refractivity (Wildman–Crippen MR) is 115 cm³/mol. The van der Waals surface area contributed by atoms with Crippen LogP contribution in [-0.4, -0.2) is 16.9 Å². The number of carbonyl (C=O) groups is 1. The van der Waals surface area contributed by atoms with Crippen LogP contribution in [0, 0.1) is 0 Å². The highest BCUT2D eigenvalue weighted by Crippen LogP contribution is 2.23. The van der Waals surface area contributed by atoms with E-state index in [0.717, 1.165) is 34.6 Å². The molecule has 144 valence electrons. The number of nitrogens with one attached hydrogen (secondary N) is 1. The van der Waals surface area contributed by atoms with Gasteiger partial charge in [-0.3, -0.25) is 9.78 Å². The molecule has 28 heavy (non-hydrogen) atoms. The van der Waals surface area contributed by atoms with Gasteiger partial charge in [-0.15, -0.1) is 0 Å². The topological polar surface area (TPSA) is 42.0 Å². The molecule has 1 heterocycles. The second-order valence-electron chi connectivity index (χ2n) is 6.95.